The zero-order valence-electron chi connectivity index (χ0n) is 71.3. The van der Waals surface area contributed by atoms with Crippen LogP contribution in [-0.4, -0.2) is 29.8 Å². The summed E-state index contributed by atoms with van der Waals surface area (Å²) in [5.41, 5.74) is 0. The van der Waals surface area contributed by atoms with Crippen molar-refractivity contribution in [1.29, 1.82) is 0 Å². The first kappa shape index (κ1) is 112. The van der Waals surface area contributed by atoms with Crippen molar-refractivity contribution in [2.75, 3.05) is 0 Å². The summed E-state index contributed by atoms with van der Waals surface area (Å²) in [5.74, 6) is 1.09. The number of rotatable bonds is 35. The summed E-state index contributed by atoms with van der Waals surface area (Å²) in [6, 6.07) is 21.1. The second kappa shape index (κ2) is 63.7. The van der Waals surface area contributed by atoms with Gasteiger partial charge in [0.05, 0.1) is 54.1 Å². The molecule has 5 aliphatic rings. The van der Waals surface area contributed by atoms with Crippen LogP contribution in [0.25, 0.3) is 0 Å². The zero-order valence-corrected chi connectivity index (χ0v) is 75.4. The van der Waals surface area contributed by atoms with Gasteiger partial charge in [0, 0.05) is 30.3 Å². The van der Waals surface area contributed by atoms with Crippen LogP contribution in [-0.2, 0) is 24.0 Å². The first-order valence-electron chi connectivity index (χ1n) is 43.9. The highest BCUT2D eigenvalue weighted by molar-refractivity contribution is 7.81. The fourth-order valence-electron chi connectivity index (χ4n) is 16.5. The quantitative estimate of drug-likeness (QED) is 0.0167. The van der Waals surface area contributed by atoms with Crippen LogP contribution < -0.4 is 23.7 Å². The third kappa shape index (κ3) is 43.0. The van der Waals surface area contributed by atoms with E-state index in [1.165, 1.54) is 221 Å². The van der Waals surface area contributed by atoms with E-state index in [1.54, 1.807) is 30.3 Å². The highest BCUT2D eigenvalue weighted by atomic mass is 32.1. The summed E-state index contributed by atoms with van der Waals surface area (Å²) in [6.07, 6.45) is 52.4. The van der Waals surface area contributed by atoms with Crippen LogP contribution in [0.4, 0.5) is 45.5 Å². The van der Waals surface area contributed by atoms with Gasteiger partial charge < -0.3 is 23.7 Å². The molecule has 675 valence electrons. The molecule has 0 heterocycles. The van der Waals surface area contributed by atoms with Crippen LogP contribution in [0.1, 0.15) is 324 Å². The van der Waals surface area contributed by atoms with Crippen molar-refractivity contribution in [1.82, 2.24) is 0 Å². The molecular weight excluding hydrogens is 1650 g/mol. The normalized spacial score (nSPS) is 20.2. The molecule has 5 aliphatic carbocycles. The number of halogens is 10. The molecule has 0 unspecified atom stereocenters. The Kier molecular flexibility index (Phi) is 59.4. The molecule has 0 aliphatic heterocycles. The minimum absolute atomic E-state index is 0. The van der Waals surface area contributed by atoms with E-state index in [0.717, 1.165) is 158 Å². The number of unbranched alkanes of at least 4 members (excludes halogenated alkanes) is 15. The van der Waals surface area contributed by atoms with E-state index in [1.807, 2.05) is 0 Å². The Morgan fingerprint density at radius 2 is 0.383 bits per heavy atom. The van der Waals surface area contributed by atoms with Crippen LogP contribution >= 0.6 is 63.1 Å². The summed E-state index contributed by atoms with van der Waals surface area (Å²) in [7, 11) is 0. The van der Waals surface area contributed by atoms with Gasteiger partial charge in [-0.05, 0) is 219 Å². The minimum Gasteiger partial charge on any atom is -0.426 e. The Bertz CT molecular complexity index is 3110. The summed E-state index contributed by atoms with van der Waals surface area (Å²) >= 11 is 24.0. The van der Waals surface area contributed by atoms with E-state index in [0.29, 0.717) is 0 Å². The molecule has 0 atom stereocenters. The second-order valence-corrected chi connectivity index (χ2v) is 35.1. The van der Waals surface area contributed by atoms with Crippen molar-refractivity contribution in [2.45, 2.75) is 348 Å². The van der Waals surface area contributed by atoms with Gasteiger partial charge in [-0.2, -0.15) is 0 Å². The SMILES string of the molecule is CCCCCCC1CCC(C(=O)Oc2ccc([S])c(F)c2)CC1.CCCCCCC1CCC(C(=O)Oc2ccc([S])c(F)c2)CC1.CCCCCCC1CCC(C(=O)Oc2ccc([S])c(F)c2)CC1.CCCCCCC1CCC(C(=O)Oc2ccc([S])c(F)c2)CC1.CCCCCCC1CCC(C(=O)Oc2ccc([S])c(F)c2)CC1.F.F.F.F.F. The molecule has 5 aromatic carbocycles. The predicted octanol–water partition coefficient (Wildman–Crippen LogP) is 31.1. The molecule has 5 radical (unpaired) electrons. The van der Waals surface area contributed by atoms with Crippen LogP contribution in [0.15, 0.2) is 115 Å². The van der Waals surface area contributed by atoms with Crippen molar-refractivity contribution in [2.24, 2.45) is 59.2 Å². The van der Waals surface area contributed by atoms with E-state index >= 15 is 0 Å². The number of hydrogen-bond donors (Lipinski definition) is 0. The van der Waals surface area contributed by atoms with E-state index in [-0.39, 0.29) is 136 Å². The molecule has 0 aromatic heterocycles. The summed E-state index contributed by atoms with van der Waals surface area (Å²) in [5, 5.41) is 0. The molecule has 120 heavy (non-hydrogen) atoms. The molecule has 5 aromatic rings. The topological polar surface area (TPSA) is 132 Å². The van der Waals surface area contributed by atoms with Gasteiger partial charge in [-0.1, -0.05) is 258 Å². The molecule has 5 saturated carbocycles. The van der Waals surface area contributed by atoms with Gasteiger partial charge in [0.25, 0.3) is 0 Å². The Balaban J connectivity index is 0.000000742. The molecule has 0 spiro atoms. The lowest BCUT2D eigenvalue weighted by Crippen LogP contribution is -2.25. The van der Waals surface area contributed by atoms with Gasteiger partial charge in [-0.25, -0.2) is 22.0 Å². The van der Waals surface area contributed by atoms with E-state index in [9.17, 15) is 45.9 Å². The Labute approximate surface area is 737 Å². The van der Waals surface area contributed by atoms with Crippen molar-refractivity contribution >= 4 is 93.0 Å². The van der Waals surface area contributed by atoms with Gasteiger partial charge in [-0.15, -0.1) is 0 Å². The number of benzene rings is 5. The third-order valence-electron chi connectivity index (χ3n) is 23.8. The van der Waals surface area contributed by atoms with Crippen molar-refractivity contribution in [3.63, 3.8) is 0 Å². The fraction of sp³-hybridized carbons (Fsp3) is 0.632. The van der Waals surface area contributed by atoms with Crippen LogP contribution in [0.5, 0.6) is 28.7 Å². The van der Waals surface area contributed by atoms with Gasteiger partial charge in [0.15, 0.2) is 0 Å². The second-order valence-electron chi connectivity index (χ2n) is 32.9. The Hall–Kier alpha value is -6.15. The molecule has 0 N–H and O–H groups in total. The van der Waals surface area contributed by atoms with E-state index in [4.69, 9.17) is 86.8 Å². The average Bonchev–Trinajstić information content (AvgIpc) is 0.872. The van der Waals surface area contributed by atoms with Crippen molar-refractivity contribution in [3.8, 4) is 28.7 Å². The number of esters is 5. The smallest absolute Gasteiger partial charge is 0.314 e. The lowest BCUT2D eigenvalue weighted by molar-refractivity contribution is -0.141. The van der Waals surface area contributed by atoms with Crippen LogP contribution in [0.2, 0.25) is 0 Å². The summed E-state index contributed by atoms with van der Waals surface area (Å²) < 4.78 is 93.6. The Morgan fingerprint density at radius 1 is 0.242 bits per heavy atom. The van der Waals surface area contributed by atoms with E-state index in [2.05, 4.69) is 34.6 Å². The molecule has 10 nitrogen and oxygen atoms in total. The minimum atomic E-state index is -0.513. The third-order valence-corrected chi connectivity index (χ3v) is 25.5. The number of ether oxygens (including phenoxy) is 5. The van der Waals surface area contributed by atoms with Gasteiger partial charge in [0.2, 0.25) is 0 Å². The molecule has 25 heteroatoms. The number of carbonyl (C=O) groups excluding carboxylic acids is 5. The maximum atomic E-state index is 13.4. The monoisotopic (exact) mass is 1790 g/mol. The van der Waals surface area contributed by atoms with Gasteiger partial charge >= 0.3 is 29.8 Å². The first-order valence-corrected chi connectivity index (χ1v) is 45.9. The number of carbonyl (C=O) groups is 5. The molecule has 0 amide bonds. The lowest BCUT2D eigenvalue weighted by atomic mass is 9.80. The number of hydrogen-bond acceptors (Lipinski definition) is 10. The van der Waals surface area contributed by atoms with Crippen LogP contribution in [0.3, 0.4) is 0 Å². The molecule has 10 rings (SSSR count). The Morgan fingerprint density at radius 3 is 0.508 bits per heavy atom. The molecule has 0 saturated heterocycles. The fourth-order valence-corrected chi connectivity index (χ4v) is 17.1. The van der Waals surface area contributed by atoms with E-state index < -0.39 is 29.1 Å². The lowest BCUT2D eigenvalue weighted by Gasteiger charge is -2.27. The highest BCUT2D eigenvalue weighted by Crippen LogP contribution is 2.40. The summed E-state index contributed by atoms with van der Waals surface area (Å²) in [6.45, 7) is 11.1. The first-order chi connectivity index (χ1) is 55.5. The largest absolute Gasteiger partial charge is 0.426 e. The van der Waals surface area contributed by atoms with Crippen molar-refractivity contribution < 1.29 is 93.1 Å². The maximum Gasteiger partial charge on any atom is 0.314 e. The molecular formula is C95H135F10O10S5. The molecule has 0 bridgehead atoms. The van der Waals surface area contributed by atoms with Gasteiger partial charge in [-0.3, -0.25) is 47.5 Å². The maximum absolute atomic E-state index is 13.4. The van der Waals surface area contributed by atoms with Crippen LogP contribution in [0, 0.1) is 88.3 Å². The summed E-state index contributed by atoms with van der Waals surface area (Å²) in [4.78, 5) is 61.7. The molecule has 5 fully saturated rings. The van der Waals surface area contributed by atoms with Gasteiger partial charge in [0.1, 0.15) is 57.8 Å². The predicted molar refractivity (Wildman–Crippen MR) is 473 cm³/mol. The highest BCUT2D eigenvalue weighted by Gasteiger charge is 2.33. The average molecular weight is 1790 g/mol. The standard InChI is InChI=1S/5C19H26FO2S.5FH/c5*1-2-3-4-5-6-14-7-9-15(10-8-14)19(21)22-16-11-12-18(23)17(20)13-16;;;;;/h5*11-15H,2-10H2,1H3;5*1H. The van der Waals surface area contributed by atoms with Crippen molar-refractivity contribution in [3.05, 3.63) is 120 Å². The zero-order chi connectivity index (χ0) is 83.3.